The topological polar surface area (TPSA) is 64.0 Å². The number of nitrogens with one attached hydrogen (secondary N) is 1. The molecular weight excluding hydrogens is 429 g/mol. The van der Waals surface area contributed by atoms with Crippen molar-refractivity contribution in [3.05, 3.63) is 67.7 Å². The second-order valence-corrected chi connectivity index (χ2v) is 6.58. The summed E-state index contributed by atoms with van der Waals surface area (Å²) >= 11 is 8.05. The van der Waals surface area contributed by atoms with Crippen molar-refractivity contribution >= 4 is 56.7 Å². The number of aromatic nitrogens is 2. The highest BCUT2D eigenvalue weighted by molar-refractivity contribution is 14.1. The van der Waals surface area contributed by atoms with Crippen LogP contribution in [0.25, 0.3) is 10.9 Å². The van der Waals surface area contributed by atoms with Crippen molar-refractivity contribution in [2.75, 3.05) is 5.32 Å². The first kappa shape index (κ1) is 15.9. The van der Waals surface area contributed by atoms with Gasteiger partial charge in [0.15, 0.2) is 0 Å². The molecule has 0 atom stereocenters. The summed E-state index contributed by atoms with van der Waals surface area (Å²) in [4.78, 5) is 28.7. The third-order valence-corrected chi connectivity index (χ3v) is 4.12. The van der Waals surface area contributed by atoms with Gasteiger partial charge in [0, 0.05) is 14.3 Å². The number of rotatable bonds is 3. The first-order valence-corrected chi connectivity index (χ1v) is 8.19. The van der Waals surface area contributed by atoms with Crippen LogP contribution < -0.4 is 10.9 Å². The third-order valence-electron chi connectivity index (χ3n) is 3.21. The molecule has 5 nitrogen and oxygen atoms in total. The summed E-state index contributed by atoms with van der Waals surface area (Å²) in [6.45, 7) is -0.101. The van der Waals surface area contributed by atoms with Crippen LogP contribution in [0.3, 0.4) is 0 Å². The predicted octanol–water partition coefficient (Wildman–Crippen LogP) is 3.29. The number of anilines is 1. The zero-order valence-corrected chi connectivity index (χ0v) is 14.7. The molecule has 23 heavy (non-hydrogen) atoms. The van der Waals surface area contributed by atoms with E-state index in [0.717, 1.165) is 3.57 Å². The summed E-state index contributed by atoms with van der Waals surface area (Å²) in [5.74, 6) is -0.288. The van der Waals surface area contributed by atoms with Gasteiger partial charge in [0.05, 0.1) is 17.2 Å². The lowest BCUT2D eigenvalue weighted by molar-refractivity contribution is -0.116. The number of nitrogens with zero attached hydrogens (tertiary/aromatic N) is 2. The monoisotopic (exact) mass is 439 g/mol. The molecule has 3 aromatic rings. The Bertz CT molecular complexity index is 955. The van der Waals surface area contributed by atoms with Gasteiger partial charge in [-0.15, -0.1) is 0 Å². The Morgan fingerprint density at radius 2 is 2.09 bits per heavy atom. The SMILES string of the molecule is O=C(Cn1cnc2cc(Cl)ccc2c1=O)Nc1cccc(I)c1. The summed E-state index contributed by atoms with van der Waals surface area (Å²) in [5, 5.41) is 3.71. The van der Waals surface area contributed by atoms with Crippen LogP contribution in [0.2, 0.25) is 5.02 Å². The van der Waals surface area contributed by atoms with Crippen LogP contribution in [0.4, 0.5) is 5.69 Å². The summed E-state index contributed by atoms with van der Waals surface area (Å²) in [6, 6.07) is 12.3. The highest BCUT2D eigenvalue weighted by atomic mass is 127. The number of hydrogen-bond acceptors (Lipinski definition) is 3. The second kappa shape index (κ2) is 6.67. The Kier molecular flexibility index (Phi) is 4.63. The van der Waals surface area contributed by atoms with E-state index in [2.05, 4.69) is 32.9 Å². The Hall–Kier alpha value is -1.93. The molecule has 0 aliphatic carbocycles. The predicted molar refractivity (Wildman–Crippen MR) is 98.8 cm³/mol. The van der Waals surface area contributed by atoms with Crippen molar-refractivity contribution < 1.29 is 4.79 Å². The van der Waals surface area contributed by atoms with Crippen LogP contribution in [-0.2, 0) is 11.3 Å². The highest BCUT2D eigenvalue weighted by Crippen LogP contribution is 2.14. The lowest BCUT2D eigenvalue weighted by atomic mass is 10.2. The zero-order valence-electron chi connectivity index (χ0n) is 11.8. The molecule has 0 aliphatic heterocycles. The Morgan fingerprint density at radius 1 is 1.26 bits per heavy atom. The van der Waals surface area contributed by atoms with Crippen LogP contribution >= 0.6 is 34.2 Å². The molecule has 0 radical (unpaired) electrons. The Balaban J connectivity index is 1.84. The van der Waals surface area contributed by atoms with Crippen molar-refractivity contribution in [1.29, 1.82) is 0 Å². The number of fused-ring (bicyclic) bond motifs is 1. The second-order valence-electron chi connectivity index (χ2n) is 4.90. The van der Waals surface area contributed by atoms with Gasteiger partial charge in [0.1, 0.15) is 6.54 Å². The Labute approximate surface area is 150 Å². The van der Waals surface area contributed by atoms with Crippen LogP contribution in [0.15, 0.2) is 53.6 Å². The lowest BCUT2D eigenvalue weighted by Gasteiger charge is -2.08. The van der Waals surface area contributed by atoms with Gasteiger partial charge in [0.25, 0.3) is 5.56 Å². The van der Waals surface area contributed by atoms with Crippen molar-refractivity contribution in [3.8, 4) is 0 Å². The van der Waals surface area contributed by atoms with E-state index in [0.29, 0.717) is 21.6 Å². The average molecular weight is 440 g/mol. The first-order chi connectivity index (χ1) is 11.0. The maximum absolute atomic E-state index is 12.4. The number of hydrogen-bond donors (Lipinski definition) is 1. The molecule has 1 N–H and O–H groups in total. The Morgan fingerprint density at radius 3 is 2.87 bits per heavy atom. The van der Waals surface area contributed by atoms with Gasteiger partial charge in [-0.2, -0.15) is 0 Å². The first-order valence-electron chi connectivity index (χ1n) is 6.73. The average Bonchev–Trinajstić information content (AvgIpc) is 2.50. The molecule has 7 heteroatoms. The van der Waals surface area contributed by atoms with E-state index in [1.54, 1.807) is 24.3 Å². The number of carbonyl (C=O) groups excluding carboxylic acids is 1. The van der Waals surface area contributed by atoms with Gasteiger partial charge in [-0.3, -0.25) is 14.2 Å². The molecule has 0 saturated heterocycles. The molecule has 0 bridgehead atoms. The molecule has 116 valence electrons. The molecule has 0 aliphatic rings. The summed E-state index contributed by atoms with van der Waals surface area (Å²) in [6.07, 6.45) is 1.36. The molecule has 0 unspecified atom stereocenters. The van der Waals surface area contributed by atoms with Crippen molar-refractivity contribution in [2.24, 2.45) is 0 Å². The van der Waals surface area contributed by atoms with Crippen LogP contribution in [0.5, 0.6) is 0 Å². The summed E-state index contributed by atoms with van der Waals surface area (Å²) in [5.41, 5.74) is 0.928. The van der Waals surface area contributed by atoms with E-state index in [9.17, 15) is 9.59 Å². The standard InChI is InChI=1S/C16H11ClIN3O2/c17-10-4-5-13-14(6-10)19-9-21(16(13)23)8-15(22)20-12-3-1-2-11(18)7-12/h1-7,9H,8H2,(H,20,22). The van der Waals surface area contributed by atoms with Crippen LogP contribution in [-0.4, -0.2) is 15.5 Å². The van der Waals surface area contributed by atoms with Crippen LogP contribution in [0.1, 0.15) is 0 Å². The van der Waals surface area contributed by atoms with Gasteiger partial charge in [0.2, 0.25) is 5.91 Å². The molecule has 1 aromatic heterocycles. The fourth-order valence-corrected chi connectivity index (χ4v) is 2.88. The molecule has 0 saturated carbocycles. The van der Waals surface area contributed by atoms with E-state index in [1.165, 1.54) is 10.9 Å². The molecular formula is C16H11ClIN3O2. The van der Waals surface area contributed by atoms with E-state index >= 15 is 0 Å². The van der Waals surface area contributed by atoms with E-state index in [-0.39, 0.29) is 18.0 Å². The third kappa shape index (κ3) is 3.70. The van der Waals surface area contributed by atoms with Crippen molar-refractivity contribution in [3.63, 3.8) is 0 Å². The lowest BCUT2D eigenvalue weighted by Crippen LogP contribution is -2.27. The fourth-order valence-electron chi connectivity index (χ4n) is 2.17. The molecule has 0 spiro atoms. The number of benzene rings is 2. The molecule has 0 fully saturated rings. The van der Waals surface area contributed by atoms with Crippen molar-refractivity contribution in [2.45, 2.75) is 6.54 Å². The van der Waals surface area contributed by atoms with E-state index in [1.807, 2.05) is 18.2 Å². The minimum absolute atomic E-state index is 0.101. The maximum Gasteiger partial charge on any atom is 0.261 e. The number of halogens is 2. The largest absolute Gasteiger partial charge is 0.325 e. The van der Waals surface area contributed by atoms with Crippen molar-refractivity contribution in [1.82, 2.24) is 9.55 Å². The van der Waals surface area contributed by atoms with E-state index < -0.39 is 0 Å². The van der Waals surface area contributed by atoms with Crippen LogP contribution in [0, 0.1) is 3.57 Å². The smallest absolute Gasteiger partial charge is 0.261 e. The maximum atomic E-state index is 12.4. The van der Waals surface area contributed by atoms with Gasteiger partial charge in [-0.1, -0.05) is 17.7 Å². The quantitative estimate of drug-likeness (QED) is 0.637. The van der Waals surface area contributed by atoms with Gasteiger partial charge in [-0.05, 0) is 59.0 Å². The molecule has 1 heterocycles. The normalized spacial score (nSPS) is 10.7. The number of amides is 1. The minimum Gasteiger partial charge on any atom is -0.325 e. The summed E-state index contributed by atoms with van der Waals surface area (Å²) in [7, 11) is 0. The van der Waals surface area contributed by atoms with Gasteiger partial charge in [-0.25, -0.2) is 4.98 Å². The minimum atomic E-state index is -0.288. The number of carbonyl (C=O) groups is 1. The highest BCUT2D eigenvalue weighted by Gasteiger charge is 2.09. The fraction of sp³-hybridized carbons (Fsp3) is 0.0625. The molecule has 3 rings (SSSR count). The molecule has 2 aromatic carbocycles. The molecule has 1 amide bonds. The van der Waals surface area contributed by atoms with Gasteiger partial charge < -0.3 is 5.32 Å². The summed E-state index contributed by atoms with van der Waals surface area (Å²) < 4.78 is 2.29. The zero-order chi connectivity index (χ0) is 16.4. The van der Waals surface area contributed by atoms with Gasteiger partial charge >= 0.3 is 0 Å². The van der Waals surface area contributed by atoms with E-state index in [4.69, 9.17) is 11.6 Å².